The molecule has 0 aliphatic rings. The minimum absolute atomic E-state index is 0.00454. The van der Waals surface area contributed by atoms with Crippen LogP contribution >= 0.6 is 27.5 Å². The summed E-state index contributed by atoms with van der Waals surface area (Å²) in [6.45, 7) is 4.37. The summed E-state index contributed by atoms with van der Waals surface area (Å²) < 4.78 is 26.2. The SMILES string of the molecule is CCN(CC)S(=O)(=O)c1cc(Br)cnc1Cl. The summed E-state index contributed by atoms with van der Waals surface area (Å²) in [7, 11) is -3.55. The van der Waals surface area contributed by atoms with Crippen LogP contribution in [0.2, 0.25) is 5.15 Å². The van der Waals surface area contributed by atoms with Crippen molar-refractivity contribution in [1.82, 2.24) is 9.29 Å². The Bertz CT molecular complexity index is 474. The lowest BCUT2D eigenvalue weighted by molar-refractivity contribution is 0.445. The molecule has 0 radical (unpaired) electrons. The predicted octanol–water partition coefficient (Wildman–Crippen LogP) is 2.53. The Morgan fingerprint density at radius 1 is 1.44 bits per heavy atom. The third-order valence-electron chi connectivity index (χ3n) is 2.10. The summed E-state index contributed by atoms with van der Waals surface area (Å²) in [5, 5.41) is -0.00454. The first-order valence-corrected chi connectivity index (χ1v) is 7.35. The van der Waals surface area contributed by atoms with Crippen molar-refractivity contribution in [2.24, 2.45) is 0 Å². The summed E-state index contributed by atoms with van der Waals surface area (Å²) in [6, 6.07) is 1.46. The van der Waals surface area contributed by atoms with Crippen LogP contribution in [0.15, 0.2) is 21.6 Å². The van der Waals surface area contributed by atoms with Crippen molar-refractivity contribution < 1.29 is 8.42 Å². The van der Waals surface area contributed by atoms with Crippen LogP contribution in [0.5, 0.6) is 0 Å². The van der Waals surface area contributed by atoms with Gasteiger partial charge in [-0.15, -0.1) is 0 Å². The lowest BCUT2D eigenvalue weighted by atomic mass is 10.5. The third-order valence-corrected chi connectivity index (χ3v) is 5.01. The number of halogens is 2. The van der Waals surface area contributed by atoms with Gasteiger partial charge in [-0.05, 0) is 22.0 Å². The van der Waals surface area contributed by atoms with E-state index >= 15 is 0 Å². The molecule has 0 unspecified atom stereocenters. The molecule has 0 N–H and O–H groups in total. The molecule has 0 aromatic carbocycles. The van der Waals surface area contributed by atoms with Gasteiger partial charge in [0.05, 0.1) is 0 Å². The van der Waals surface area contributed by atoms with E-state index in [-0.39, 0.29) is 10.0 Å². The molecule has 0 spiro atoms. The average molecular weight is 328 g/mol. The summed E-state index contributed by atoms with van der Waals surface area (Å²) >= 11 is 8.98. The predicted molar refractivity (Wildman–Crippen MR) is 67.1 cm³/mol. The molecule has 4 nitrogen and oxygen atoms in total. The molecule has 0 saturated carbocycles. The second-order valence-electron chi connectivity index (χ2n) is 3.03. The highest BCUT2D eigenvalue weighted by Crippen LogP contribution is 2.25. The van der Waals surface area contributed by atoms with Gasteiger partial charge < -0.3 is 0 Å². The van der Waals surface area contributed by atoms with Crippen LogP contribution in [0.25, 0.3) is 0 Å². The molecule has 1 heterocycles. The van der Waals surface area contributed by atoms with Gasteiger partial charge >= 0.3 is 0 Å². The molecule has 0 atom stereocenters. The molecule has 7 heteroatoms. The van der Waals surface area contributed by atoms with Crippen molar-refractivity contribution in [2.45, 2.75) is 18.7 Å². The largest absolute Gasteiger partial charge is 0.246 e. The van der Waals surface area contributed by atoms with E-state index in [0.717, 1.165) is 0 Å². The quantitative estimate of drug-likeness (QED) is 0.799. The number of nitrogens with zero attached hydrogens (tertiary/aromatic N) is 2. The Labute approximate surface area is 109 Å². The first-order chi connectivity index (χ1) is 7.43. The lowest BCUT2D eigenvalue weighted by Crippen LogP contribution is -2.30. The fourth-order valence-electron chi connectivity index (χ4n) is 1.29. The highest BCUT2D eigenvalue weighted by atomic mass is 79.9. The van der Waals surface area contributed by atoms with Gasteiger partial charge in [-0.2, -0.15) is 4.31 Å². The topological polar surface area (TPSA) is 50.3 Å². The van der Waals surface area contributed by atoms with Gasteiger partial charge in [0.15, 0.2) is 0 Å². The Morgan fingerprint density at radius 3 is 2.50 bits per heavy atom. The molecule has 90 valence electrons. The molecule has 0 amide bonds. The Hall–Kier alpha value is -0.170. The molecule has 0 saturated heterocycles. The van der Waals surface area contributed by atoms with Crippen LogP contribution in [0.1, 0.15) is 13.8 Å². The fourth-order valence-corrected chi connectivity index (χ4v) is 3.67. The number of aromatic nitrogens is 1. The summed E-state index contributed by atoms with van der Waals surface area (Å²) in [6.07, 6.45) is 1.46. The molecule has 1 rings (SSSR count). The van der Waals surface area contributed by atoms with Crippen LogP contribution in [0.3, 0.4) is 0 Å². The molecular weight excluding hydrogens is 316 g/mol. The highest BCUT2D eigenvalue weighted by molar-refractivity contribution is 9.10. The molecule has 1 aromatic heterocycles. The summed E-state index contributed by atoms with van der Waals surface area (Å²) in [4.78, 5) is 3.84. The standard InChI is InChI=1S/C9H12BrClN2O2S/c1-3-13(4-2)16(14,15)8-5-7(10)6-12-9(8)11/h5-6H,3-4H2,1-2H3. The van der Waals surface area contributed by atoms with Gasteiger partial charge in [0, 0.05) is 23.8 Å². The van der Waals surface area contributed by atoms with E-state index in [0.29, 0.717) is 17.6 Å². The highest BCUT2D eigenvalue weighted by Gasteiger charge is 2.25. The number of hydrogen-bond acceptors (Lipinski definition) is 3. The van der Waals surface area contributed by atoms with E-state index < -0.39 is 10.0 Å². The summed E-state index contributed by atoms with van der Waals surface area (Å²) in [5.74, 6) is 0. The normalized spacial score (nSPS) is 12.1. The van der Waals surface area contributed by atoms with E-state index in [1.54, 1.807) is 13.8 Å². The first-order valence-electron chi connectivity index (χ1n) is 4.74. The lowest BCUT2D eigenvalue weighted by Gasteiger charge is -2.18. The van der Waals surface area contributed by atoms with Crippen LogP contribution in [0.4, 0.5) is 0 Å². The second kappa shape index (κ2) is 5.44. The van der Waals surface area contributed by atoms with Crippen molar-refractivity contribution in [3.8, 4) is 0 Å². The average Bonchev–Trinajstić information content (AvgIpc) is 2.23. The van der Waals surface area contributed by atoms with Crippen molar-refractivity contribution >= 4 is 37.6 Å². The maximum Gasteiger partial charge on any atom is 0.246 e. The zero-order chi connectivity index (χ0) is 12.3. The van der Waals surface area contributed by atoms with E-state index in [1.807, 2.05) is 0 Å². The molecule has 0 aliphatic heterocycles. The van der Waals surface area contributed by atoms with Crippen molar-refractivity contribution in [1.29, 1.82) is 0 Å². The molecule has 0 bridgehead atoms. The number of pyridine rings is 1. The second-order valence-corrected chi connectivity index (χ2v) is 6.21. The van der Waals surface area contributed by atoms with Crippen LogP contribution in [-0.2, 0) is 10.0 Å². The maximum atomic E-state index is 12.1. The minimum Gasteiger partial charge on any atom is -0.242 e. The van der Waals surface area contributed by atoms with Gasteiger partial charge in [-0.1, -0.05) is 25.4 Å². The third kappa shape index (κ3) is 2.74. The smallest absolute Gasteiger partial charge is 0.242 e. The van der Waals surface area contributed by atoms with Crippen molar-refractivity contribution in [2.75, 3.05) is 13.1 Å². The van der Waals surface area contributed by atoms with E-state index in [2.05, 4.69) is 20.9 Å². The first kappa shape index (κ1) is 13.9. The van der Waals surface area contributed by atoms with Crippen molar-refractivity contribution in [3.63, 3.8) is 0 Å². The minimum atomic E-state index is -3.55. The van der Waals surface area contributed by atoms with Crippen LogP contribution < -0.4 is 0 Å². The Kier molecular flexibility index (Phi) is 4.73. The van der Waals surface area contributed by atoms with Crippen LogP contribution in [-0.4, -0.2) is 30.8 Å². The maximum absolute atomic E-state index is 12.1. The molecule has 1 aromatic rings. The molecule has 16 heavy (non-hydrogen) atoms. The monoisotopic (exact) mass is 326 g/mol. The van der Waals surface area contributed by atoms with Crippen molar-refractivity contribution in [3.05, 3.63) is 21.9 Å². The Balaban J connectivity index is 3.31. The van der Waals surface area contributed by atoms with E-state index in [1.165, 1.54) is 16.6 Å². The molecule has 0 fully saturated rings. The van der Waals surface area contributed by atoms with E-state index in [4.69, 9.17) is 11.6 Å². The number of sulfonamides is 1. The fraction of sp³-hybridized carbons (Fsp3) is 0.444. The summed E-state index contributed by atoms with van der Waals surface area (Å²) in [5.41, 5.74) is 0. The Morgan fingerprint density at radius 2 is 2.00 bits per heavy atom. The number of rotatable bonds is 4. The molecule has 0 aliphatic carbocycles. The van der Waals surface area contributed by atoms with E-state index in [9.17, 15) is 8.42 Å². The van der Waals surface area contributed by atoms with Gasteiger partial charge in [0.25, 0.3) is 0 Å². The molecular formula is C9H12BrClN2O2S. The number of hydrogen-bond donors (Lipinski definition) is 0. The van der Waals surface area contributed by atoms with Gasteiger partial charge in [0.1, 0.15) is 10.0 Å². The zero-order valence-corrected chi connectivity index (χ0v) is 12.1. The van der Waals surface area contributed by atoms with Gasteiger partial charge in [0.2, 0.25) is 10.0 Å². The zero-order valence-electron chi connectivity index (χ0n) is 8.94. The van der Waals surface area contributed by atoms with Crippen LogP contribution in [0, 0.1) is 0 Å². The van der Waals surface area contributed by atoms with Gasteiger partial charge in [-0.25, -0.2) is 13.4 Å². The van der Waals surface area contributed by atoms with Gasteiger partial charge in [-0.3, -0.25) is 0 Å².